The Hall–Kier alpha value is -1.69. The first-order valence-electron chi connectivity index (χ1n) is 7.35. The van der Waals surface area contributed by atoms with E-state index in [1.807, 2.05) is 4.90 Å². The second-order valence-corrected chi connectivity index (χ2v) is 5.66. The van der Waals surface area contributed by atoms with Crippen LogP contribution in [0.5, 0.6) is 0 Å². The van der Waals surface area contributed by atoms with Gasteiger partial charge in [0.15, 0.2) is 0 Å². The molecule has 2 amide bonds. The number of hydrogen-bond donors (Lipinski definition) is 1. The number of carbonyl (C=O) groups excluding carboxylic acids is 1. The number of urea groups is 1. The maximum atomic E-state index is 13.2. The predicted octanol–water partition coefficient (Wildman–Crippen LogP) is 1.95. The lowest BCUT2D eigenvalue weighted by Gasteiger charge is -2.31. The highest BCUT2D eigenvalue weighted by Gasteiger charge is 2.34. The molecule has 0 saturated carbocycles. The summed E-state index contributed by atoms with van der Waals surface area (Å²) in [7, 11) is 0. The first-order valence-corrected chi connectivity index (χ1v) is 7.35. The van der Waals surface area contributed by atoms with Crippen molar-refractivity contribution in [3.8, 4) is 0 Å². The van der Waals surface area contributed by atoms with Crippen LogP contribution in [0.4, 0.5) is 13.6 Å². The number of halogens is 2. The van der Waals surface area contributed by atoms with Gasteiger partial charge >= 0.3 is 6.03 Å². The molecule has 2 aliphatic rings. The molecule has 0 unspecified atom stereocenters. The molecule has 2 fully saturated rings. The monoisotopic (exact) mass is 295 g/mol. The average Bonchev–Trinajstić information content (AvgIpc) is 2.80. The van der Waals surface area contributed by atoms with E-state index in [4.69, 9.17) is 0 Å². The maximum Gasteiger partial charge on any atom is 0.320 e. The van der Waals surface area contributed by atoms with Crippen LogP contribution in [-0.4, -0.2) is 48.1 Å². The van der Waals surface area contributed by atoms with Crippen LogP contribution >= 0.6 is 0 Å². The van der Waals surface area contributed by atoms with E-state index in [9.17, 15) is 13.6 Å². The summed E-state index contributed by atoms with van der Waals surface area (Å²) >= 11 is 0. The summed E-state index contributed by atoms with van der Waals surface area (Å²) in [5, 5.41) is 3.28. The van der Waals surface area contributed by atoms with Gasteiger partial charge in [-0.2, -0.15) is 0 Å². The summed E-state index contributed by atoms with van der Waals surface area (Å²) in [5.41, 5.74) is 0.494. The van der Waals surface area contributed by atoms with Crippen molar-refractivity contribution in [3.63, 3.8) is 0 Å². The third kappa shape index (κ3) is 3.15. The minimum atomic E-state index is -0.605. The molecule has 0 bridgehead atoms. The van der Waals surface area contributed by atoms with Crippen molar-refractivity contribution in [3.05, 3.63) is 35.4 Å². The molecule has 4 nitrogen and oxygen atoms in total. The molecule has 2 heterocycles. The van der Waals surface area contributed by atoms with Crippen LogP contribution in [0, 0.1) is 11.6 Å². The Labute approximate surface area is 122 Å². The number of amides is 2. The largest absolute Gasteiger partial charge is 0.320 e. The van der Waals surface area contributed by atoms with Gasteiger partial charge in [0.2, 0.25) is 0 Å². The number of piperidine rings is 1. The Morgan fingerprint density at radius 3 is 2.43 bits per heavy atom. The van der Waals surface area contributed by atoms with Crippen LogP contribution in [0.15, 0.2) is 18.2 Å². The molecule has 0 aliphatic carbocycles. The number of nitrogens with zero attached hydrogens (tertiary/aromatic N) is 2. The number of rotatable bonds is 3. The van der Waals surface area contributed by atoms with E-state index in [2.05, 4.69) is 5.32 Å². The standard InChI is InChI=1S/C15H19F2N3O/c16-12-7-11(8-13(17)9-12)10-19-5-6-20(15(19)21)14-1-3-18-4-2-14/h7-9,14,18H,1-6,10H2. The van der Waals surface area contributed by atoms with Crippen molar-refractivity contribution >= 4 is 6.03 Å². The minimum absolute atomic E-state index is 0.0217. The van der Waals surface area contributed by atoms with Gasteiger partial charge in [0.25, 0.3) is 0 Å². The number of carbonyl (C=O) groups is 1. The second kappa shape index (κ2) is 5.97. The van der Waals surface area contributed by atoms with Crippen LogP contribution < -0.4 is 5.32 Å². The molecule has 2 saturated heterocycles. The lowest BCUT2D eigenvalue weighted by molar-refractivity contribution is 0.164. The molecule has 0 atom stereocenters. The normalized spacial score (nSPS) is 20.4. The van der Waals surface area contributed by atoms with E-state index in [0.717, 1.165) is 32.0 Å². The molecule has 0 radical (unpaired) electrons. The summed E-state index contributed by atoms with van der Waals surface area (Å²) < 4.78 is 26.4. The lowest BCUT2D eigenvalue weighted by Crippen LogP contribution is -2.45. The van der Waals surface area contributed by atoms with E-state index in [0.29, 0.717) is 18.7 Å². The molecule has 1 aromatic rings. The molecule has 1 aromatic carbocycles. The molecule has 21 heavy (non-hydrogen) atoms. The van der Waals surface area contributed by atoms with Gasteiger partial charge in [-0.15, -0.1) is 0 Å². The fraction of sp³-hybridized carbons (Fsp3) is 0.533. The van der Waals surface area contributed by atoms with Gasteiger partial charge in [0.05, 0.1) is 0 Å². The maximum absolute atomic E-state index is 13.2. The molecule has 6 heteroatoms. The Kier molecular flexibility index (Phi) is 4.05. The van der Waals surface area contributed by atoms with Crippen molar-refractivity contribution < 1.29 is 13.6 Å². The number of nitrogens with one attached hydrogen (secondary N) is 1. The first-order chi connectivity index (χ1) is 10.1. The zero-order chi connectivity index (χ0) is 14.8. The van der Waals surface area contributed by atoms with Crippen molar-refractivity contribution in [1.29, 1.82) is 0 Å². The number of hydrogen-bond acceptors (Lipinski definition) is 2. The summed E-state index contributed by atoms with van der Waals surface area (Å²) in [4.78, 5) is 16.0. The molecule has 3 rings (SSSR count). The van der Waals surface area contributed by atoms with Crippen LogP contribution in [0.25, 0.3) is 0 Å². The van der Waals surface area contributed by atoms with Crippen molar-refractivity contribution in [2.75, 3.05) is 26.2 Å². The third-order valence-corrected chi connectivity index (χ3v) is 4.17. The highest BCUT2D eigenvalue weighted by Crippen LogP contribution is 2.21. The molecule has 0 aromatic heterocycles. The summed E-state index contributed by atoms with van der Waals surface area (Å²) in [5.74, 6) is -1.21. The fourth-order valence-electron chi connectivity index (χ4n) is 3.13. The van der Waals surface area contributed by atoms with Gasteiger partial charge in [0, 0.05) is 31.7 Å². The quantitative estimate of drug-likeness (QED) is 0.925. The fourth-order valence-corrected chi connectivity index (χ4v) is 3.13. The Balaban J connectivity index is 1.66. The van der Waals surface area contributed by atoms with Gasteiger partial charge in [0.1, 0.15) is 11.6 Å². The van der Waals surface area contributed by atoms with Crippen LogP contribution in [0.3, 0.4) is 0 Å². The van der Waals surface area contributed by atoms with Crippen LogP contribution in [0.2, 0.25) is 0 Å². The molecule has 1 N–H and O–H groups in total. The SMILES string of the molecule is O=C1N(Cc2cc(F)cc(F)c2)CCN1C1CCNCC1. The summed E-state index contributed by atoms with van der Waals surface area (Å²) in [6, 6.07) is 3.67. The van der Waals surface area contributed by atoms with E-state index in [-0.39, 0.29) is 18.6 Å². The van der Waals surface area contributed by atoms with Crippen LogP contribution in [-0.2, 0) is 6.54 Å². The smallest absolute Gasteiger partial charge is 0.320 e. The van der Waals surface area contributed by atoms with Crippen molar-refractivity contribution in [1.82, 2.24) is 15.1 Å². The summed E-state index contributed by atoms with van der Waals surface area (Å²) in [6.07, 6.45) is 1.93. The van der Waals surface area contributed by atoms with Crippen molar-refractivity contribution in [2.45, 2.75) is 25.4 Å². The van der Waals surface area contributed by atoms with E-state index in [1.54, 1.807) is 4.90 Å². The second-order valence-electron chi connectivity index (χ2n) is 5.66. The molecule has 114 valence electrons. The minimum Gasteiger partial charge on any atom is -0.320 e. The Morgan fingerprint density at radius 1 is 1.10 bits per heavy atom. The molecule has 2 aliphatic heterocycles. The summed E-state index contributed by atoms with van der Waals surface area (Å²) in [6.45, 7) is 3.43. The highest BCUT2D eigenvalue weighted by molar-refractivity contribution is 5.77. The third-order valence-electron chi connectivity index (χ3n) is 4.17. The van der Waals surface area contributed by atoms with Gasteiger partial charge in [-0.05, 0) is 43.6 Å². The van der Waals surface area contributed by atoms with Gasteiger partial charge in [-0.3, -0.25) is 0 Å². The predicted molar refractivity (Wildman–Crippen MR) is 74.8 cm³/mol. The zero-order valence-electron chi connectivity index (χ0n) is 11.8. The Bertz CT molecular complexity index is 511. The zero-order valence-corrected chi connectivity index (χ0v) is 11.8. The van der Waals surface area contributed by atoms with Crippen molar-refractivity contribution in [2.24, 2.45) is 0 Å². The average molecular weight is 295 g/mol. The van der Waals surface area contributed by atoms with Crippen LogP contribution in [0.1, 0.15) is 18.4 Å². The molecular weight excluding hydrogens is 276 g/mol. The molecular formula is C15H19F2N3O. The van der Waals surface area contributed by atoms with E-state index < -0.39 is 11.6 Å². The van der Waals surface area contributed by atoms with Gasteiger partial charge in [-0.1, -0.05) is 0 Å². The van der Waals surface area contributed by atoms with Gasteiger partial charge in [-0.25, -0.2) is 13.6 Å². The first kappa shape index (κ1) is 14.3. The highest BCUT2D eigenvalue weighted by atomic mass is 19.1. The molecule has 0 spiro atoms. The lowest BCUT2D eigenvalue weighted by atomic mass is 10.1. The topological polar surface area (TPSA) is 35.6 Å². The Morgan fingerprint density at radius 2 is 1.76 bits per heavy atom. The van der Waals surface area contributed by atoms with Gasteiger partial charge < -0.3 is 15.1 Å². The van der Waals surface area contributed by atoms with E-state index in [1.165, 1.54) is 12.1 Å². The number of benzene rings is 1. The van der Waals surface area contributed by atoms with E-state index >= 15 is 0 Å².